The molecule has 0 N–H and O–H groups in total. The third-order valence-electron chi connectivity index (χ3n) is 1.22. The molecular formula is C6H7F4O2+. The maximum atomic E-state index is 12.1. The highest BCUT2D eigenvalue weighted by Crippen LogP contribution is 2.24. The maximum Gasteiger partial charge on any atom is 0.330 e. The Labute approximate surface area is 66.4 Å². The highest BCUT2D eigenvalue weighted by Gasteiger charge is 2.44. The van der Waals surface area contributed by atoms with Crippen LogP contribution in [0.15, 0.2) is 0 Å². The quantitative estimate of drug-likeness (QED) is 0.369. The molecule has 0 aliphatic carbocycles. The van der Waals surface area contributed by atoms with E-state index in [1.165, 1.54) is 6.61 Å². The van der Waals surface area contributed by atoms with Crippen LogP contribution in [0.1, 0.15) is 0 Å². The molecule has 0 amide bonds. The van der Waals surface area contributed by atoms with Crippen LogP contribution in [0.5, 0.6) is 0 Å². The van der Waals surface area contributed by atoms with Crippen LogP contribution < -0.4 is 0 Å². The first-order valence-corrected chi connectivity index (χ1v) is 3.25. The Kier molecular flexibility index (Phi) is 2.79. The van der Waals surface area contributed by atoms with Gasteiger partial charge < -0.3 is 4.74 Å². The molecule has 0 bridgehead atoms. The molecule has 1 atom stereocenters. The van der Waals surface area contributed by atoms with Crippen molar-refractivity contribution < 1.29 is 27.0 Å². The summed E-state index contributed by atoms with van der Waals surface area (Å²) in [6.45, 7) is 0.0151. The molecular weight excluding hydrogens is 180 g/mol. The molecule has 1 fully saturated rings. The molecule has 12 heavy (non-hydrogen) atoms. The molecule has 0 spiro atoms. The fourth-order valence-electron chi connectivity index (χ4n) is 0.508. The van der Waals surface area contributed by atoms with Gasteiger partial charge in [-0.05, 0) is 0 Å². The number of hydrogen-bond donors (Lipinski definition) is 0. The van der Waals surface area contributed by atoms with E-state index in [1.54, 1.807) is 0 Å². The van der Waals surface area contributed by atoms with Gasteiger partial charge in [-0.2, -0.15) is 8.78 Å². The number of epoxide rings is 1. The Balaban J connectivity index is 2.10. The first-order chi connectivity index (χ1) is 5.52. The molecule has 1 rings (SSSR count). The third kappa shape index (κ3) is 2.86. The number of rotatable bonds is 5. The van der Waals surface area contributed by atoms with Gasteiger partial charge in [-0.25, -0.2) is 8.78 Å². The van der Waals surface area contributed by atoms with Crippen molar-refractivity contribution in [3.63, 3.8) is 0 Å². The van der Waals surface area contributed by atoms with Gasteiger partial charge in [0.15, 0.2) is 0 Å². The van der Waals surface area contributed by atoms with E-state index in [2.05, 4.69) is 9.47 Å². The van der Waals surface area contributed by atoms with E-state index in [0.717, 1.165) is 0 Å². The molecule has 0 aromatic rings. The van der Waals surface area contributed by atoms with Crippen LogP contribution in [0.4, 0.5) is 17.6 Å². The monoisotopic (exact) mass is 187 g/mol. The summed E-state index contributed by atoms with van der Waals surface area (Å²) in [6, 6.07) is 0. The van der Waals surface area contributed by atoms with Crippen LogP contribution in [0.3, 0.4) is 0 Å². The molecule has 0 radical (unpaired) electrons. The lowest BCUT2D eigenvalue weighted by Crippen LogP contribution is -2.32. The second-order valence-corrected chi connectivity index (χ2v) is 2.39. The predicted molar refractivity (Wildman–Crippen MR) is 30.9 cm³/mol. The van der Waals surface area contributed by atoms with E-state index in [1.807, 2.05) is 0 Å². The zero-order valence-electron chi connectivity index (χ0n) is 5.97. The normalized spacial score (nSPS) is 22.6. The second-order valence-electron chi connectivity index (χ2n) is 2.39. The summed E-state index contributed by atoms with van der Waals surface area (Å²) in [6.07, 6.45) is -3.99. The van der Waals surface area contributed by atoms with Crippen LogP contribution >= 0.6 is 0 Å². The van der Waals surface area contributed by atoms with Gasteiger partial charge in [-0.15, -0.1) is 4.74 Å². The summed E-state index contributed by atoms with van der Waals surface area (Å²) in [5.41, 5.74) is 0. The number of halogens is 4. The molecule has 1 unspecified atom stereocenters. The van der Waals surface area contributed by atoms with Crippen molar-refractivity contribution >= 4 is 0 Å². The summed E-state index contributed by atoms with van der Waals surface area (Å²) in [7, 11) is 0. The highest BCUT2D eigenvalue weighted by atomic mass is 19.3. The minimum absolute atomic E-state index is 0.0949. The maximum absolute atomic E-state index is 12.1. The van der Waals surface area contributed by atoms with Gasteiger partial charge in [-0.3, -0.25) is 0 Å². The van der Waals surface area contributed by atoms with E-state index in [0.29, 0.717) is 0 Å². The zero-order chi connectivity index (χ0) is 9.19. The molecule has 1 aliphatic heterocycles. The minimum atomic E-state index is -4.06. The number of hydrogen-bond acceptors (Lipinski definition) is 2. The van der Waals surface area contributed by atoms with Crippen LogP contribution in [0.25, 0.3) is 0 Å². The van der Waals surface area contributed by atoms with Crippen LogP contribution in [0, 0.1) is 6.61 Å². The smallest absolute Gasteiger partial charge is 0.330 e. The first-order valence-electron chi connectivity index (χ1n) is 3.25. The molecule has 1 aliphatic rings. The summed E-state index contributed by atoms with van der Waals surface area (Å²) in [5, 5.41) is 0. The third-order valence-corrected chi connectivity index (χ3v) is 1.22. The Morgan fingerprint density at radius 1 is 1.50 bits per heavy atom. The van der Waals surface area contributed by atoms with E-state index in [4.69, 9.17) is 0 Å². The van der Waals surface area contributed by atoms with Crippen LogP contribution in [0.2, 0.25) is 0 Å². The van der Waals surface area contributed by atoms with Gasteiger partial charge in [0.05, 0.1) is 0 Å². The van der Waals surface area contributed by atoms with Gasteiger partial charge in [-0.1, -0.05) is 0 Å². The molecule has 2 nitrogen and oxygen atoms in total. The van der Waals surface area contributed by atoms with E-state index >= 15 is 0 Å². The van der Waals surface area contributed by atoms with Gasteiger partial charge in [0.25, 0.3) is 12.7 Å². The fraction of sp³-hybridized carbons (Fsp3) is 0.833. The summed E-state index contributed by atoms with van der Waals surface area (Å²) in [5.74, 6) is -4.06. The largest absolute Gasteiger partial charge is 0.367 e. The van der Waals surface area contributed by atoms with Crippen LogP contribution in [-0.2, 0) is 9.47 Å². The Morgan fingerprint density at radius 3 is 2.50 bits per heavy atom. The van der Waals surface area contributed by atoms with Crippen molar-refractivity contribution in [3.05, 3.63) is 6.61 Å². The summed E-state index contributed by atoms with van der Waals surface area (Å²) < 4.78 is 55.9. The van der Waals surface area contributed by atoms with Crippen molar-refractivity contribution in [1.29, 1.82) is 0 Å². The molecule has 1 saturated heterocycles. The van der Waals surface area contributed by atoms with Crippen molar-refractivity contribution in [1.82, 2.24) is 0 Å². The molecule has 0 saturated carbocycles. The second kappa shape index (κ2) is 3.49. The molecule has 70 valence electrons. The molecule has 0 aromatic heterocycles. The summed E-state index contributed by atoms with van der Waals surface area (Å²) >= 11 is 0. The topological polar surface area (TPSA) is 21.8 Å². The summed E-state index contributed by atoms with van der Waals surface area (Å²) in [4.78, 5) is 0. The zero-order valence-corrected chi connectivity index (χ0v) is 5.97. The highest BCUT2D eigenvalue weighted by molar-refractivity contribution is 4.82. The van der Waals surface area contributed by atoms with Crippen LogP contribution in [-0.4, -0.2) is 31.7 Å². The standard InChI is InChI=1S/C6H7F4O2/c7-5(8)6(9,10)3-11-1-4-2-12-4/h2,4-5H,1,3H2/q+1. The lowest BCUT2D eigenvalue weighted by molar-refractivity contribution is -0.166. The van der Waals surface area contributed by atoms with Crippen molar-refractivity contribution in [3.8, 4) is 0 Å². The van der Waals surface area contributed by atoms with E-state index < -0.39 is 19.0 Å². The lowest BCUT2D eigenvalue weighted by atomic mass is 10.4. The Bertz CT molecular complexity index is 146. The Morgan fingerprint density at radius 2 is 2.08 bits per heavy atom. The van der Waals surface area contributed by atoms with E-state index in [9.17, 15) is 17.6 Å². The van der Waals surface area contributed by atoms with Crippen molar-refractivity contribution in [2.75, 3.05) is 13.2 Å². The minimum Gasteiger partial charge on any atom is -0.367 e. The van der Waals surface area contributed by atoms with Crippen molar-refractivity contribution in [2.24, 2.45) is 0 Å². The van der Waals surface area contributed by atoms with Crippen molar-refractivity contribution in [2.45, 2.75) is 18.5 Å². The SMILES string of the molecule is FC(F)C(F)(F)COCC1[CH+]O1. The predicted octanol–water partition coefficient (Wildman–Crippen LogP) is 1.46. The van der Waals surface area contributed by atoms with E-state index in [-0.39, 0.29) is 12.7 Å². The number of alkyl halides is 4. The lowest BCUT2D eigenvalue weighted by Gasteiger charge is -2.13. The van der Waals surface area contributed by atoms with Gasteiger partial charge in [0.1, 0.15) is 13.2 Å². The molecule has 1 heterocycles. The fourth-order valence-corrected chi connectivity index (χ4v) is 0.508. The average Bonchev–Trinajstić information content (AvgIpc) is 2.70. The Hall–Kier alpha value is -0.490. The van der Waals surface area contributed by atoms with Gasteiger partial charge in [0.2, 0.25) is 0 Å². The van der Waals surface area contributed by atoms with Gasteiger partial charge >= 0.3 is 12.3 Å². The molecule has 0 aromatic carbocycles. The average molecular weight is 187 g/mol. The van der Waals surface area contributed by atoms with Gasteiger partial charge in [0, 0.05) is 0 Å². The molecule has 6 heteroatoms. The number of ether oxygens (including phenoxy) is 2. The first kappa shape index (κ1) is 9.60.